The van der Waals surface area contributed by atoms with E-state index in [1.54, 1.807) is 0 Å². The smallest absolute Gasteiger partial charge is 0.168 e. The van der Waals surface area contributed by atoms with Gasteiger partial charge in [0.1, 0.15) is 0 Å². The zero-order valence-electron chi connectivity index (χ0n) is 11.7. The second-order valence-corrected chi connectivity index (χ2v) is 6.29. The summed E-state index contributed by atoms with van der Waals surface area (Å²) in [6, 6.07) is 0.813. The highest BCUT2D eigenvalue weighted by molar-refractivity contribution is 5.47. The molecule has 0 radical (unpaired) electrons. The van der Waals surface area contributed by atoms with Gasteiger partial charge >= 0.3 is 0 Å². The first-order valence-electron chi connectivity index (χ1n) is 6.65. The molecule has 0 saturated carbocycles. The first-order valence-corrected chi connectivity index (χ1v) is 6.65. The number of anilines is 2. The molecular formula is C14H21F2N3. The van der Waals surface area contributed by atoms with Crippen molar-refractivity contribution in [2.24, 2.45) is 11.3 Å². The van der Waals surface area contributed by atoms with Crippen LogP contribution in [0.4, 0.5) is 20.4 Å². The molecule has 1 aromatic rings. The van der Waals surface area contributed by atoms with E-state index in [9.17, 15) is 8.78 Å². The summed E-state index contributed by atoms with van der Waals surface area (Å²) in [6.45, 7) is 8.14. The van der Waals surface area contributed by atoms with Crippen LogP contribution in [0.2, 0.25) is 0 Å². The summed E-state index contributed by atoms with van der Waals surface area (Å²) in [5.41, 5.74) is 5.68. The van der Waals surface area contributed by atoms with Crippen molar-refractivity contribution in [3.8, 4) is 0 Å². The van der Waals surface area contributed by atoms with Crippen LogP contribution >= 0.6 is 0 Å². The Bertz CT molecular complexity index is 460. The van der Waals surface area contributed by atoms with Gasteiger partial charge in [0.15, 0.2) is 23.3 Å². The van der Waals surface area contributed by atoms with Crippen LogP contribution in [0.5, 0.6) is 0 Å². The van der Waals surface area contributed by atoms with Crippen LogP contribution in [0.25, 0.3) is 0 Å². The molecule has 1 saturated heterocycles. The molecular weight excluding hydrogens is 248 g/mol. The maximum Gasteiger partial charge on any atom is 0.168 e. The molecule has 106 valence electrons. The maximum absolute atomic E-state index is 13.7. The maximum atomic E-state index is 13.7. The predicted octanol–water partition coefficient (Wildman–Crippen LogP) is 3.20. The molecule has 2 N–H and O–H groups in total. The molecule has 0 amide bonds. The first kappa shape index (κ1) is 14.0. The minimum atomic E-state index is -0.800. The van der Waals surface area contributed by atoms with Crippen molar-refractivity contribution in [1.82, 2.24) is 4.98 Å². The van der Waals surface area contributed by atoms with E-state index in [4.69, 9.17) is 5.73 Å². The number of rotatable bonds is 1. The highest BCUT2D eigenvalue weighted by Crippen LogP contribution is 2.35. The molecule has 2 heterocycles. The number of aromatic nitrogens is 1. The molecule has 0 aromatic carbocycles. The van der Waals surface area contributed by atoms with Crippen molar-refractivity contribution < 1.29 is 8.78 Å². The van der Waals surface area contributed by atoms with Gasteiger partial charge < -0.3 is 10.6 Å². The number of nitrogens with zero attached hydrogens (tertiary/aromatic N) is 2. The average Bonchev–Trinajstić information content (AvgIpc) is 2.33. The average molecular weight is 269 g/mol. The van der Waals surface area contributed by atoms with Crippen molar-refractivity contribution in [1.29, 1.82) is 0 Å². The fraction of sp³-hybridized carbons (Fsp3) is 0.643. The first-order chi connectivity index (χ1) is 8.79. The van der Waals surface area contributed by atoms with Crippen LogP contribution in [-0.4, -0.2) is 18.1 Å². The quantitative estimate of drug-likeness (QED) is 0.851. The lowest BCUT2D eigenvalue weighted by Gasteiger charge is -2.39. The van der Waals surface area contributed by atoms with Gasteiger partial charge in [-0.05, 0) is 24.2 Å². The van der Waals surface area contributed by atoms with Gasteiger partial charge in [-0.15, -0.1) is 0 Å². The van der Waals surface area contributed by atoms with Gasteiger partial charge in [0.25, 0.3) is 0 Å². The van der Waals surface area contributed by atoms with Crippen LogP contribution < -0.4 is 10.6 Å². The lowest BCUT2D eigenvalue weighted by atomic mass is 9.75. The monoisotopic (exact) mass is 269 g/mol. The molecule has 5 heteroatoms. The Labute approximate surface area is 112 Å². The van der Waals surface area contributed by atoms with Crippen molar-refractivity contribution in [2.45, 2.75) is 33.6 Å². The van der Waals surface area contributed by atoms with Crippen molar-refractivity contribution >= 4 is 11.6 Å². The Hall–Kier alpha value is -1.39. The third-order valence-corrected chi connectivity index (χ3v) is 3.96. The van der Waals surface area contributed by atoms with E-state index in [-0.39, 0.29) is 17.1 Å². The van der Waals surface area contributed by atoms with Gasteiger partial charge in [0.05, 0.1) is 0 Å². The summed E-state index contributed by atoms with van der Waals surface area (Å²) in [4.78, 5) is 5.69. The fourth-order valence-electron chi connectivity index (χ4n) is 2.65. The molecule has 1 aliphatic rings. The Morgan fingerprint density at radius 1 is 1.21 bits per heavy atom. The van der Waals surface area contributed by atoms with Crippen LogP contribution in [0.15, 0.2) is 6.07 Å². The second-order valence-electron chi connectivity index (χ2n) is 6.29. The summed E-state index contributed by atoms with van der Waals surface area (Å²) < 4.78 is 26.8. The summed E-state index contributed by atoms with van der Waals surface area (Å²) in [7, 11) is 0. The number of nitrogens with two attached hydrogens (primary N) is 1. The zero-order valence-corrected chi connectivity index (χ0v) is 11.7. The second kappa shape index (κ2) is 4.94. The van der Waals surface area contributed by atoms with E-state index in [0.717, 1.165) is 32.0 Å². The number of pyridine rings is 1. The van der Waals surface area contributed by atoms with Crippen molar-refractivity contribution in [3.63, 3.8) is 0 Å². The molecule has 0 aliphatic carbocycles. The van der Waals surface area contributed by atoms with E-state index in [1.807, 2.05) is 4.90 Å². The Balaban J connectivity index is 2.12. The van der Waals surface area contributed by atoms with Crippen LogP contribution in [-0.2, 0) is 0 Å². The summed E-state index contributed by atoms with van der Waals surface area (Å²) in [6.07, 6.45) is 1.98. The summed E-state index contributed by atoms with van der Waals surface area (Å²) in [5, 5.41) is 0. The van der Waals surface area contributed by atoms with Gasteiger partial charge in [-0.1, -0.05) is 20.8 Å². The number of halogens is 2. The van der Waals surface area contributed by atoms with E-state index < -0.39 is 11.6 Å². The number of nitrogen functional groups attached to an aromatic ring is 1. The Morgan fingerprint density at radius 2 is 1.79 bits per heavy atom. The summed E-state index contributed by atoms with van der Waals surface area (Å²) in [5.74, 6) is -0.892. The number of hydrogen-bond donors (Lipinski definition) is 1. The van der Waals surface area contributed by atoms with E-state index in [0.29, 0.717) is 5.92 Å². The standard InChI is InChI=1S/C14H21F2N3/c1-14(2,3)9-4-6-19(7-5-9)13-11(16)8-10(15)12(17)18-13/h8-9H,4-7H2,1-3H3,(H2,17,18). The molecule has 19 heavy (non-hydrogen) atoms. The van der Waals surface area contributed by atoms with Crippen LogP contribution in [0.3, 0.4) is 0 Å². The minimum absolute atomic E-state index is 0.172. The van der Waals surface area contributed by atoms with Crippen LogP contribution in [0, 0.1) is 23.0 Å². The molecule has 0 atom stereocenters. The van der Waals surface area contributed by atoms with Crippen LogP contribution in [0.1, 0.15) is 33.6 Å². The Kier molecular flexibility index (Phi) is 3.65. The third kappa shape index (κ3) is 2.96. The van der Waals surface area contributed by atoms with Gasteiger partial charge in [-0.25, -0.2) is 13.8 Å². The van der Waals surface area contributed by atoms with Gasteiger partial charge in [-0.2, -0.15) is 0 Å². The van der Waals surface area contributed by atoms with Crippen molar-refractivity contribution in [3.05, 3.63) is 17.7 Å². The SMILES string of the molecule is CC(C)(C)C1CCN(c2nc(N)c(F)cc2F)CC1. The third-order valence-electron chi connectivity index (χ3n) is 3.96. The molecule has 1 fully saturated rings. The minimum Gasteiger partial charge on any atom is -0.381 e. The number of piperidine rings is 1. The normalized spacial score (nSPS) is 17.8. The molecule has 0 bridgehead atoms. The zero-order chi connectivity index (χ0) is 14.2. The molecule has 0 unspecified atom stereocenters. The topological polar surface area (TPSA) is 42.2 Å². The molecule has 1 aliphatic heterocycles. The highest BCUT2D eigenvalue weighted by Gasteiger charge is 2.30. The fourth-order valence-corrected chi connectivity index (χ4v) is 2.65. The molecule has 0 spiro atoms. The summed E-state index contributed by atoms with van der Waals surface area (Å²) >= 11 is 0. The van der Waals surface area contributed by atoms with Gasteiger partial charge in [-0.3, -0.25) is 0 Å². The highest BCUT2D eigenvalue weighted by atomic mass is 19.1. The lowest BCUT2D eigenvalue weighted by molar-refractivity contribution is 0.198. The predicted molar refractivity (Wildman–Crippen MR) is 73.0 cm³/mol. The van der Waals surface area contributed by atoms with Crippen molar-refractivity contribution in [2.75, 3.05) is 23.7 Å². The molecule has 3 nitrogen and oxygen atoms in total. The largest absolute Gasteiger partial charge is 0.381 e. The van der Waals surface area contributed by atoms with E-state index in [1.165, 1.54) is 0 Å². The van der Waals surface area contributed by atoms with E-state index in [2.05, 4.69) is 25.8 Å². The lowest BCUT2D eigenvalue weighted by Crippen LogP contribution is -2.39. The molecule has 2 rings (SSSR count). The Morgan fingerprint density at radius 3 is 2.32 bits per heavy atom. The number of hydrogen-bond acceptors (Lipinski definition) is 3. The van der Waals surface area contributed by atoms with Gasteiger partial charge in [0, 0.05) is 19.2 Å². The molecule has 1 aromatic heterocycles. The van der Waals surface area contributed by atoms with E-state index >= 15 is 0 Å². The van der Waals surface area contributed by atoms with Gasteiger partial charge in [0.2, 0.25) is 0 Å².